The lowest BCUT2D eigenvalue weighted by Crippen LogP contribution is -2.08. The third-order valence-electron chi connectivity index (χ3n) is 2.62. The van der Waals surface area contributed by atoms with E-state index in [1.807, 2.05) is 0 Å². The first-order valence-corrected chi connectivity index (χ1v) is 8.29. The highest BCUT2D eigenvalue weighted by Crippen LogP contribution is 2.51. The number of carbonyl (C=O) groups is 2. The molecule has 8 heteroatoms. The van der Waals surface area contributed by atoms with Gasteiger partial charge in [-0.05, 0) is 18.2 Å². The van der Waals surface area contributed by atoms with E-state index in [9.17, 15) is 9.59 Å². The van der Waals surface area contributed by atoms with Crippen LogP contribution < -0.4 is 0 Å². The normalized spacial score (nSPS) is 14.1. The maximum absolute atomic E-state index is 11.8. The molecule has 0 spiro atoms. The van der Waals surface area contributed by atoms with Gasteiger partial charge in [-0.25, -0.2) is 9.59 Å². The number of methoxy groups -OCH3 is 2. The van der Waals surface area contributed by atoms with Gasteiger partial charge in [0, 0.05) is 15.6 Å². The van der Waals surface area contributed by atoms with Gasteiger partial charge < -0.3 is 9.47 Å². The van der Waals surface area contributed by atoms with Crippen molar-refractivity contribution >= 4 is 64.7 Å². The predicted octanol–water partition coefficient (Wildman–Crippen LogP) is 4.33. The molecule has 116 valence electrons. The Kier molecular flexibility index (Phi) is 5.86. The van der Waals surface area contributed by atoms with Crippen LogP contribution in [0.25, 0.3) is 6.08 Å². The van der Waals surface area contributed by atoms with Gasteiger partial charge in [-0.3, -0.25) is 0 Å². The van der Waals surface area contributed by atoms with Gasteiger partial charge in [0.05, 0.1) is 18.5 Å². The summed E-state index contributed by atoms with van der Waals surface area (Å²) < 4.78 is 10.1. The number of thioether (sulfide) groups is 2. The molecular weight excluding hydrogens is 367 g/mol. The Hall–Kier alpha value is -1.08. The van der Waals surface area contributed by atoms with Crippen molar-refractivity contribution in [3.63, 3.8) is 0 Å². The molecule has 1 aromatic carbocycles. The number of carbonyl (C=O) groups excluding carboxylic acids is 2. The number of halogens is 2. The summed E-state index contributed by atoms with van der Waals surface area (Å²) >= 11 is 14.5. The van der Waals surface area contributed by atoms with Crippen LogP contribution in [0.15, 0.2) is 32.2 Å². The molecular formula is C14H10Cl2O4S2. The third kappa shape index (κ3) is 3.63. The molecule has 0 amide bonds. The van der Waals surface area contributed by atoms with E-state index in [-0.39, 0.29) is 9.81 Å². The average molecular weight is 377 g/mol. The molecule has 0 unspecified atom stereocenters. The molecule has 0 fully saturated rings. The molecule has 0 radical (unpaired) electrons. The van der Waals surface area contributed by atoms with Gasteiger partial charge in [-0.15, -0.1) is 0 Å². The van der Waals surface area contributed by atoms with E-state index in [0.29, 0.717) is 19.8 Å². The van der Waals surface area contributed by atoms with Crippen LogP contribution in [0, 0.1) is 0 Å². The number of ether oxygens (including phenoxy) is 2. The van der Waals surface area contributed by atoms with E-state index in [1.165, 1.54) is 14.2 Å². The monoisotopic (exact) mass is 376 g/mol. The van der Waals surface area contributed by atoms with Crippen LogP contribution in [0.3, 0.4) is 0 Å². The minimum Gasteiger partial charge on any atom is -0.465 e. The molecule has 0 bridgehead atoms. The van der Waals surface area contributed by atoms with Gasteiger partial charge in [-0.1, -0.05) is 52.8 Å². The second kappa shape index (κ2) is 7.46. The summed E-state index contributed by atoms with van der Waals surface area (Å²) in [5, 5.41) is 0.958. The van der Waals surface area contributed by atoms with E-state index < -0.39 is 11.9 Å². The van der Waals surface area contributed by atoms with Crippen molar-refractivity contribution in [2.75, 3.05) is 14.2 Å². The molecule has 4 nitrogen and oxygen atoms in total. The van der Waals surface area contributed by atoms with Gasteiger partial charge >= 0.3 is 11.9 Å². The Morgan fingerprint density at radius 2 is 1.45 bits per heavy atom. The molecule has 0 N–H and O–H groups in total. The van der Waals surface area contributed by atoms with Gasteiger partial charge in [0.25, 0.3) is 0 Å². The molecule has 0 atom stereocenters. The predicted molar refractivity (Wildman–Crippen MR) is 90.7 cm³/mol. The van der Waals surface area contributed by atoms with Gasteiger partial charge in [-0.2, -0.15) is 0 Å². The molecule has 0 saturated heterocycles. The summed E-state index contributed by atoms with van der Waals surface area (Å²) in [4.78, 5) is 23.9. The zero-order chi connectivity index (χ0) is 16.3. The Bertz CT molecular complexity index is 648. The van der Waals surface area contributed by atoms with Crippen LogP contribution in [0.2, 0.25) is 10.0 Å². The molecule has 0 saturated carbocycles. The SMILES string of the molecule is COC(=O)C1=C(C(=O)OC)SC(=Cc2c(Cl)cccc2Cl)S1. The van der Waals surface area contributed by atoms with Crippen molar-refractivity contribution in [3.8, 4) is 0 Å². The number of hydrogen-bond acceptors (Lipinski definition) is 6. The van der Waals surface area contributed by atoms with Crippen molar-refractivity contribution < 1.29 is 19.1 Å². The number of benzene rings is 1. The maximum Gasteiger partial charge on any atom is 0.346 e. The summed E-state index contributed by atoms with van der Waals surface area (Å²) in [6.07, 6.45) is 1.72. The van der Waals surface area contributed by atoms with Crippen molar-refractivity contribution in [2.24, 2.45) is 0 Å². The molecule has 1 heterocycles. The highest BCUT2D eigenvalue weighted by atomic mass is 35.5. The maximum atomic E-state index is 11.8. The van der Waals surface area contributed by atoms with Crippen LogP contribution in [-0.2, 0) is 19.1 Å². The molecule has 1 aliphatic rings. The fourth-order valence-electron chi connectivity index (χ4n) is 1.59. The number of esters is 2. The largest absolute Gasteiger partial charge is 0.465 e. The fourth-order valence-corrected chi connectivity index (χ4v) is 4.46. The molecule has 2 rings (SSSR count). The summed E-state index contributed by atoms with van der Waals surface area (Å²) in [5.41, 5.74) is 0.621. The lowest BCUT2D eigenvalue weighted by atomic mass is 10.2. The van der Waals surface area contributed by atoms with E-state index in [4.69, 9.17) is 23.2 Å². The standard InChI is InChI=1S/C14H10Cl2O4S2/c1-19-13(17)11-12(14(18)20-2)22-10(21-11)6-7-8(15)4-3-5-9(7)16/h3-6H,1-2H3. The minimum atomic E-state index is -0.591. The summed E-state index contributed by atoms with van der Waals surface area (Å²) in [6.45, 7) is 0. The number of rotatable bonds is 3. The number of hydrogen-bond donors (Lipinski definition) is 0. The van der Waals surface area contributed by atoms with Crippen molar-refractivity contribution in [2.45, 2.75) is 0 Å². The van der Waals surface area contributed by atoms with Crippen molar-refractivity contribution in [3.05, 3.63) is 47.9 Å². The minimum absolute atomic E-state index is 0.189. The second-order valence-electron chi connectivity index (χ2n) is 3.94. The average Bonchev–Trinajstić information content (AvgIpc) is 2.93. The third-order valence-corrected chi connectivity index (χ3v) is 5.69. The molecule has 22 heavy (non-hydrogen) atoms. The molecule has 0 aromatic heterocycles. The summed E-state index contributed by atoms with van der Waals surface area (Å²) in [5.74, 6) is -1.18. The first-order valence-electron chi connectivity index (χ1n) is 5.90. The zero-order valence-electron chi connectivity index (χ0n) is 11.5. The van der Waals surface area contributed by atoms with Crippen molar-refractivity contribution in [1.29, 1.82) is 0 Å². The van der Waals surface area contributed by atoms with Crippen LogP contribution in [-0.4, -0.2) is 26.2 Å². The van der Waals surface area contributed by atoms with Crippen LogP contribution in [0.1, 0.15) is 5.56 Å². The topological polar surface area (TPSA) is 52.6 Å². The van der Waals surface area contributed by atoms with E-state index >= 15 is 0 Å². The first-order chi connectivity index (χ1) is 10.5. The quantitative estimate of drug-likeness (QED) is 0.731. The first kappa shape index (κ1) is 17.3. The molecule has 1 aromatic rings. The van der Waals surface area contributed by atoms with Gasteiger partial charge in [0.1, 0.15) is 9.81 Å². The van der Waals surface area contributed by atoms with Crippen molar-refractivity contribution in [1.82, 2.24) is 0 Å². The lowest BCUT2D eigenvalue weighted by Gasteiger charge is -2.03. The van der Waals surface area contributed by atoms with E-state index in [0.717, 1.165) is 23.5 Å². The van der Waals surface area contributed by atoms with Crippen LogP contribution in [0.4, 0.5) is 0 Å². The molecule has 0 aliphatic carbocycles. The Labute approximate surface area is 145 Å². The Balaban J connectivity index is 2.37. The van der Waals surface area contributed by atoms with Gasteiger partial charge in [0.15, 0.2) is 0 Å². The fraction of sp³-hybridized carbons (Fsp3) is 0.143. The smallest absolute Gasteiger partial charge is 0.346 e. The van der Waals surface area contributed by atoms with E-state index in [2.05, 4.69) is 9.47 Å². The highest BCUT2D eigenvalue weighted by Gasteiger charge is 2.32. The van der Waals surface area contributed by atoms with Crippen LogP contribution in [0.5, 0.6) is 0 Å². The molecule has 1 aliphatic heterocycles. The summed E-state index contributed by atoms with van der Waals surface area (Å²) in [7, 11) is 2.50. The zero-order valence-corrected chi connectivity index (χ0v) is 14.7. The van der Waals surface area contributed by atoms with E-state index in [1.54, 1.807) is 24.3 Å². The Morgan fingerprint density at radius 1 is 1.00 bits per heavy atom. The second-order valence-corrected chi connectivity index (χ2v) is 7.12. The lowest BCUT2D eigenvalue weighted by molar-refractivity contribution is -0.138. The summed E-state index contributed by atoms with van der Waals surface area (Å²) in [6, 6.07) is 5.15. The Morgan fingerprint density at radius 3 is 1.86 bits per heavy atom. The van der Waals surface area contributed by atoms with Gasteiger partial charge in [0.2, 0.25) is 0 Å². The highest BCUT2D eigenvalue weighted by molar-refractivity contribution is 8.29. The van der Waals surface area contributed by atoms with Crippen LogP contribution >= 0.6 is 46.7 Å².